The van der Waals surface area contributed by atoms with E-state index in [1.165, 1.54) is 33.6 Å². The Balaban J connectivity index is 0.000000312. The van der Waals surface area contributed by atoms with Gasteiger partial charge in [-0.1, -0.05) is 91.0 Å². The van der Waals surface area contributed by atoms with Gasteiger partial charge in [-0.2, -0.15) is 0 Å². The molecule has 0 spiro atoms. The molecular weight excluding hydrogens is 1240 g/mol. The first-order valence-electron chi connectivity index (χ1n) is 28.4. The number of carbonyl (C=O) groups is 4. The number of aliphatic hydroxyl groups excluding tert-OH is 1. The summed E-state index contributed by atoms with van der Waals surface area (Å²) in [5, 5.41) is 28.0. The van der Waals surface area contributed by atoms with Crippen molar-refractivity contribution < 1.29 is 159 Å². The van der Waals surface area contributed by atoms with Gasteiger partial charge in [0, 0.05) is 55.0 Å². The minimum absolute atomic E-state index is 0. The number of carboxylic acid groups (broad SMARTS) is 1. The quantitative estimate of drug-likeness (QED) is 0.0537. The van der Waals surface area contributed by atoms with Gasteiger partial charge in [0.05, 0.1) is 72.5 Å². The maximum Gasteiger partial charge on any atom is 1.00 e. The second kappa shape index (κ2) is 38.8. The van der Waals surface area contributed by atoms with Gasteiger partial charge in [-0.15, -0.1) is 0 Å². The Morgan fingerprint density at radius 1 is 0.602 bits per heavy atom. The number of rotatable bonds is 9. The molecule has 88 heavy (non-hydrogen) atoms. The molecule has 3 aromatic heterocycles. The number of anilines is 2. The molecule has 9 aromatic rings. The number of carboxylic acids is 1. The van der Waals surface area contributed by atoms with Gasteiger partial charge in [-0.3, -0.25) is 9.18 Å². The molecule has 452 valence electrons. The predicted octanol–water partition coefficient (Wildman–Crippen LogP) is 5.41. The van der Waals surface area contributed by atoms with E-state index < -0.39 is 13.1 Å². The van der Waals surface area contributed by atoms with Crippen molar-refractivity contribution in [3.63, 3.8) is 0 Å². The first-order chi connectivity index (χ1) is 42.2. The van der Waals surface area contributed by atoms with E-state index in [1.54, 1.807) is 48.5 Å². The summed E-state index contributed by atoms with van der Waals surface area (Å²) in [6.45, 7) is 9.62. The van der Waals surface area contributed by atoms with Gasteiger partial charge < -0.3 is 46.4 Å². The second-order valence-corrected chi connectivity index (χ2v) is 20.5. The van der Waals surface area contributed by atoms with Crippen molar-refractivity contribution in [2.45, 2.75) is 77.4 Å². The number of benzene rings is 6. The van der Waals surface area contributed by atoms with E-state index >= 15 is 0 Å². The smallest absolute Gasteiger partial charge is 1.00 e. The summed E-state index contributed by atoms with van der Waals surface area (Å²) in [4.78, 5) is 79.1. The fraction of sp³-hybridized carbons (Fsp3) is 0.292. The van der Waals surface area contributed by atoms with Crippen LogP contribution in [-0.2, 0) is 19.2 Å². The van der Waals surface area contributed by atoms with Crippen LogP contribution in [0.5, 0.6) is 0 Å². The van der Waals surface area contributed by atoms with E-state index in [2.05, 4.69) is 78.8 Å². The molecule has 3 N–H and O–H groups in total. The number of hydrogen-bond acceptors (Lipinski definition) is 18. The molecule has 0 saturated carbocycles. The fourth-order valence-electron chi connectivity index (χ4n) is 9.86. The second-order valence-electron chi connectivity index (χ2n) is 19.7. The fourth-order valence-corrected chi connectivity index (χ4v) is 10.4. The molecule has 6 heterocycles. The van der Waals surface area contributed by atoms with Crippen LogP contribution in [0.25, 0.3) is 66.9 Å². The number of aromatic carboxylic acids is 1. The van der Waals surface area contributed by atoms with Gasteiger partial charge in [0.15, 0.2) is 11.6 Å². The summed E-state index contributed by atoms with van der Waals surface area (Å²) in [7, 11) is 2.74. The molecule has 3 atom stereocenters. The molecule has 3 unspecified atom stereocenters. The van der Waals surface area contributed by atoms with Crippen LogP contribution in [0.1, 0.15) is 93.2 Å². The molecule has 23 heteroatoms. The first kappa shape index (κ1) is 73.1. The number of ether oxygens (including phenoxy) is 2. The van der Waals surface area contributed by atoms with Crippen LogP contribution in [-0.4, -0.2) is 131 Å². The zero-order valence-corrected chi connectivity index (χ0v) is 58.6. The number of alkyl halides is 1. The van der Waals surface area contributed by atoms with Crippen molar-refractivity contribution in [3.05, 3.63) is 167 Å². The number of aromatic nitrogens is 6. The molecule has 6 aromatic carbocycles. The van der Waals surface area contributed by atoms with E-state index in [0.29, 0.717) is 49.9 Å². The average Bonchev–Trinajstić information content (AvgIpc) is 1.75. The number of carbonyl (C=O) groups excluding carboxylic acids is 3. The van der Waals surface area contributed by atoms with Gasteiger partial charge in [0.1, 0.15) is 21.7 Å². The van der Waals surface area contributed by atoms with Crippen LogP contribution < -0.4 is 123 Å². The van der Waals surface area contributed by atoms with Crippen molar-refractivity contribution >= 4 is 85.0 Å². The third-order valence-electron chi connectivity index (χ3n) is 14.1. The number of nitrogens with one attached hydrogen (secondary N) is 1. The zero-order valence-electron chi connectivity index (χ0n) is 52.7. The maximum atomic E-state index is 11.9. The summed E-state index contributed by atoms with van der Waals surface area (Å²) in [5.74, 6) is 0.0211. The average molecular weight is 1320 g/mol. The van der Waals surface area contributed by atoms with Crippen LogP contribution in [0.4, 0.5) is 16.0 Å². The minimum Gasteiger partial charge on any atom is -1.00 e. The summed E-state index contributed by atoms with van der Waals surface area (Å²) in [5.41, 5.74) is 10.9. The summed E-state index contributed by atoms with van der Waals surface area (Å²) >= 11 is 3.44. The molecule has 3 saturated heterocycles. The Kier molecular flexibility index (Phi) is 32.3. The molecule has 0 aliphatic carbocycles. The Labute approximate surface area is 608 Å². The SMILES string of the molecule is CC1CCCN1.CC1CCCN1c1nc2cc(C(=O)O)ccc2nc1-c1ccccc1.CO.COC(=O)c1ccc2nc(-c3ccccc3)c(Br)nc2c1.COC(=O)c1ccc2nc(-c3ccccc3)c(N3CCCC3C)nc2c1.O=CO[O-].[2H]CF.[H-].[K+].[K+]. The topological polar surface area (TPSA) is 255 Å². The molecule has 3 fully saturated rings. The molecule has 12 rings (SSSR count). The maximum absolute atomic E-state index is 11.9. The molecule has 3 aliphatic heterocycles. The number of halogens is 2. The monoisotopic (exact) mass is 1310 g/mol. The van der Waals surface area contributed by atoms with Gasteiger partial charge in [0.25, 0.3) is 6.47 Å². The number of nitrogens with zero attached hydrogens (tertiary/aromatic N) is 8. The summed E-state index contributed by atoms with van der Waals surface area (Å²) in [6.07, 6.45) is 7.31. The molecule has 19 nitrogen and oxygen atoms in total. The Morgan fingerprint density at radius 3 is 1.28 bits per heavy atom. The van der Waals surface area contributed by atoms with E-state index in [1.807, 2.05) is 84.9 Å². The standard InChI is InChI=1S/C21H21N3O2.C20H19N3O2.C16H11BrN2O2.C5H11N.CH3F.CH2O3.CH4O.2K.H/c1-14-7-6-12-24(14)20-19(15-8-4-3-5-9-15)22-17-11-10-16(21(25)26-2)13-18(17)23-20;1-13-6-5-11-23(13)19-18(14-7-3-2-4-8-14)21-16-10-9-15(20(24)25)12-17(16)22-19;1-21-16(20)11-7-8-12-13(9-11)19-15(17)14(18-12)10-5-3-2-4-6-10;1-5-3-2-4-6-5;1-2;2-1-4-3;1-2;;;/h3-5,8-11,13-14H,6-7,12H2,1-2H3;2-4,7-10,12-13H,5-6,11H2,1H3,(H,24,25);2-9H,1H3;5-6H,2-4H2,1H3;1H3;1,3H;2H,1H3;;;/q;;;;;;;2*+1;-1/p-1/i;;;;1D;;;;;. The number of fused-ring (bicyclic) bond motifs is 3. The van der Waals surface area contributed by atoms with Gasteiger partial charge in [0.2, 0.25) is 0 Å². The van der Waals surface area contributed by atoms with Gasteiger partial charge in [-0.05, 0) is 136 Å². The largest absolute Gasteiger partial charge is 1.00 e. The minimum atomic E-state index is -1.00. The van der Waals surface area contributed by atoms with Crippen LogP contribution in [0.15, 0.2) is 150 Å². The van der Waals surface area contributed by atoms with Gasteiger partial charge >= 0.3 is 121 Å². The normalized spacial score (nSPS) is 15.2. The Morgan fingerprint density at radius 2 is 0.966 bits per heavy atom. The summed E-state index contributed by atoms with van der Waals surface area (Å²) < 4.78 is 25.7. The van der Waals surface area contributed by atoms with Gasteiger partial charge in [-0.25, -0.2) is 44.3 Å². The Bertz CT molecular complexity index is 3710. The molecule has 0 bridgehead atoms. The van der Waals surface area contributed by atoms with E-state index in [-0.39, 0.29) is 128 Å². The predicted molar refractivity (Wildman–Crippen MR) is 334 cm³/mol. The van der Waals surface area contributed by atoms with E-state index in [9.17, 15) is 23.9 Å². The Hall–Kier alpha value is -5.62. The first-order valence-corrected chi connectivity index (χ1v) is 28.5. The molecular formula is C65H71BrFK2N9O10. The molecule has 3 aliphatic rings. The van der Waals surface area contributed by atoms with E-state index in [0.717, 1.165) is 108 Å². The third kappa shape index (κ3) is 20.5. The molecule has 0 radical (unpaired) electrons. The van der Waals surface area contributed by atoms with Crippen molar-refractivity contribution in [2.24, 2.45) is 0 Å². The van der Waals surface area contributed by atoms with Crippen molar-refractivity contribution in [3.8, 4) is 33.8 Å². The van der Waals surface area contributed by atoms with Crippen LogP contribution in [0.2, 0.25) is 0 Å². The summed E-state index contributed by atoms with van der Waals surface area (Å²) in [6, 6.07) is 47.0. The number of aliphatic hydroxyl groups is 1. The number of hydrogen-bond donors (Lipinski definition) is 3. The van der Waals surface area contributed by atoms with Crippen molar-refractivity contribution in [1.82, 2.24) is 35.2 Å². The number of esters is 2. The van der Waals surface area contributed by atoms with E-state index in [4.69, 9.17) is 45.9 Å². The van der Waals surface area contributed by atoms with Crippen LogP contribution in [0, 0.1) is 0 Å². The van der Waals surface area contributed by atoms with Crippen molar-refractivity contribution in [2.75, 3.05) is 57.9 Å². The van der Waals surface area contributed by atoms with Crippen molar-refractivity contribution in [1.29, 1.82) is 0 Å². The zero-order chi connectivity index (χ0) is 62.8. The molecule has 0 amide bonds. The number of methoxy groups -OCH3 is 2. The van der Waals surface area contributed by atoms with Crippen LogP contribution >= 0.6 is 15.9 Å². The van der Waals surface area contributed by atoms with Crippen LogP contribution in [0.3, 0.4) is 0 Å². The third-order valence-corrected chi connectivity index (χ3v) is 14.7.